The van der Waals surface area contributed by atoms with E-state index in [1.54, 1.807) is 6.07 Å². The number of aromatic nitrogens is 4. The summed E-state index contributed by atoms with van der Waals surface area (Å²) in [6.45, 7) is -0.181. The summed E-state index contributed by atoms with van der Waals surface area (Å²) in [7, 11) is 1.29. The molecule has 40 heavy (non-hydrogen) atoms. The maximum Gasteiger partial charge on any atom is 0.573 e. The number of carboxylic acids is 1. The Balaban J connectivity index is 1.21. The molecule has 4 rings (SSSR count). The molecule has 0 spiro atoms. The van der Waals surface area contributed by atoms with Crippen molar-refractivity contribution in [3.63, 3.8) is 0 Å². The number of aromatic carboxylic acids is 1. The Bertz CT molecular complexity index is 1290. The zero-order valence-corrected chi connectivity index (χ0v) is 22.0. The van der Waals surface area contributed by atoms with Crippen LogP contribution in [0.25, 0.3) is 0 Å². The number of rotatable bonds is 12. The molecule has 0 amide bonds. The smallest absolute Gasteiger partial charge is 0.478 e. The van der Waals surface area contributed by atoms with Crippen LogP contribution in [0.15, 0.2) is 30.5 Å². The van der Waals surface area contributed by atoms with Crippen molar-refractivity contribution >= 4 is 27.6 Å². The van der Waals surface area contributed by atoms with Gasteiger partial charge in [0.05, 0.1) is 24.1 Å². The van der Waals surface area contributed by atoms with E-state index < -0.39 is 30.0 Å². The van der Waals surface area contributed by atoms with Crippen molar-refractivity contribution in [1.29, 1.82) is 0 Å². The molecule has 1 saturated carbocycles. The van der Waals surface area contributed by atoms with Gasteiger partial charge in [-0.3, -0.25) is 0 Å². The Labute approximate surface area is 229 Å². The molecule has 3 aromatic rings. The third-order valence-corrected chi connectivity index (χ3v) is 7.06. The van der Waals surface area contributed by atoms with Crippen LogP contribution in [0, 0.1) is 5.82 Å². The fourth-order valence-electron chi connectivity index (χ4n) is 4.29. The first-order valence-corrected chi connectivity index (χ1v) is 13.0. The Morgan fingerprint density at radius 3 is 2.60 bits per heavy atom. The number of carboxylic acid groups (broad SMARTS) is 1. The second-order valence-electron chi connectivity index (χ2n) is 8.93. The predicted octanol–water partition coefficient (Wildman–Crippen LogP) is 4.98. The second-order valence-corrected chi connectivity index (χ2v) is 9.90. The molecule has 0 bridgehead atoms. The average molecular weight is 587 g/mol. The monoisotopic (exact) mass is 586 g/mol. The normalized spacial score (nSPS) is 18.2. The lowest BCUT2D eigenvalue weighted by atomic mass is 9.84. The quantitative estimate of drug-likeness (QED) is 0.150. The largest absolute Gasteiger partial charge is 0.573 e. The van der Waals surface area contributed by atoms with Crippen LogP contribution in [0.2, 0.25) is 0 Å². The minimum absolute atomic E-state index is 0.0313. The number of nitrogens with one attached hydrogen (secondary N) is 2. The molecule has 16 heteroatoms. The van der Waals surface area contributed by atoms with Crippen LogP contribution < -0.4 is 15.4 Å². The molecule has 1 atom stereocenters. The average Bonchev–Trinajstić information content (AvgIpc) is 3.37. The minimum atomic E-state index is -4.90. The zero-order chi connectivity index (χ0) is 28.7. The molecule has 2 heterocycles. The maximum atomic E-state index is 14.2. The van der Waals surface area contributed by atoms with Crippen LogP contribution in [-0.4, -0.2) is 64.3 Å². The van der Waals surface area contributed by atoms with Gasteiger partial charge >= 0.3 is 12.3 Å². The first-order chi connectivity index (χ1) is 19.1. The van der Waals surface area contributed by atoms with Crippen molar-refractivity contribution in [2.45, 2.75) is 50.1 Å². The van der Waals surface area contributed by atoms with Crippen molar-refractivity contribution < 1.29 is 41.7 Å². The molecule has 2 aromatic heterocycles. The van der Waals surface area contributed by atoms with E-state index in [-0.39, 0.29) is 36.4 Å². The van der Waals surface area contributed by atoms with Gasteiger partial charge in [0.2, 0.25) is 10.3 Å². The molecule has 1 aliphatic rings. The third kappa shape index (κ3) is 8.19. The molecule has 216 valence electrons. The highest BCUT2D eigenvalue weighted by atomic mass is 32.1. The summed E-state index contributed by atoms with van der Waals surface area (Å²) in [6.07, 6.45) is -1.34. The van der Waals surface area contributed by atoms with Crippen molar-refractivity contribution in [3.8, 4) is 5.75 Å². The van der Waals surface area contributed by atoms with Crippen LogP contribution in [0.4, 0.5) is 27.8 Å². The lowest BCUT2D eigenvalue weighted by Crippen LogP contribution is -2.25. The van der Waals surface area contributed by atoms with Gasteiger partial charge in [-0.05, 0) is 49.9 Å². The number of carbonyl (C=O) groups is 1. The summed E-state index contributed by atoms with van der Waals surface area (Å²) in [4.78, 5) is 11.2. The highest BCUT2D eigenvalue weighted by Gasteiger charge is 2.32. The summed E-state index contributed by atoms with van der Waals surface area (Å²) < 4.78 is 66.2. The van der Waals surface area contributed by atoms with Gasteiger partial charge in [-0.2, -0.15) is 10.2 Å². The predicted molar refractivity (Wildman–Crippen MR) is 135 cm³/mol. The topological polar surface area (TPSA) is 141 Å². The first-order valence-electron chi connectivity index (χ1n) is 12.2. The van der Waals surface area contributed by atoms with Crippen LogP contribution in [0.5, 0.6) is 5.75 Å². The zero-order valence-electron chi connectivity index (χ0n) is 21.2. The Hall–Kier alpha value is -3.63. The van der Waals surface area contributed by atoms with E-state index in [9.17, 15) is 22.4 Å². The fourth-order valence-corrected chi connectivity index (χ4v) is 4.99. The summed E-state index contributed by atoms with van der Waals surface area (Å²) in [5.41, 5.74) is 0.669. The van der Waals surface area contributed by atoms with Gasteiger partial charge in [-0.15, -0.1) is 23.4 Å². The fraction of sp³-hybridized carbons (Fsp3) is 0.458. The van der Waals surface area contributed by atoms with E-state index in [1.165, 1.54) is 24.6 Å². The van der Waals surface area contributed by atoms with Crippen LogP contribution in [0.1, 0.15) is 59.3 Å². The highest BCUT2D eigenvalue weighted by molar-refractivity contribution is 7.19. The Morgan fingerprint density at radius 1 is 1.15 bits per heavy atom. The van der Waals surface area contributed by atoms with E-state index in [1.807, 2.05) is 0 Å². The van der Waals surface area contributed by atoms with Gasteiger partial charge in [-0.25, -0.2) is 9.18 Å². The summed E-state index contributed by atoms with van der Waals surface area (Å²) >= 11 is 1.27. The molecule has 1 aromatic carbocycles. The molecular weight excluding hydrogens is 560 g/mol. The molecule has 1 fully saturated rings. The van der Waals surface area contributed by atoms with Crippen LogP contribution in [0.3, 0.4) is 0 Å². The highest BCUT2D eigenvalue weighted by Crippen LogP contribution is 2.34. The maximum absolute atomic E-state index is 14.2. The van der Waals surface area contributed by atoms with E-state index in [4.69, 9.17) is 14.6 Å². The van der Waals surface area contributed by atoms with Gasteiger partial charge in [0.15, 0.2) is 0 Å². The standard InChI is InChI=1S/C24H26F4N6O5S/c1-37-20(17-9-16(6-7-18(17)25)39-24(26,27)28)11-38-12-29-22-33-34-23(40-22)31-15-4-2-13(3-5-15)19-8-14(21(35)36)10-30-32-19/h6-10,13,15,20H,2-5,11-12H2,1H3,(H,29,33)(H,31,34)(H,35,36)/t13?,15?,20-/m0/s1. The molecule has 1 aliphatic carbocycles. The second kappa shape index (κ2) is 13.1. The number of ether oxygens (including phenoxy) is 3. The summed E-state index contributed by atoms with van der Waals surface area (Å²) in [6, 6.07) is 4.41. The molecule has 0 radical (unpaired) electrons. The molecule has 3 N–H and O–H groups in total. The molecule has 11 nitrogen and oxygen atoms in total. The van der Waals surface area contributed by atoms with Gasteiger partial charge < -0.3 is 30.0 Å². The number of hydrogen-bond acceptors (Lipinski definition) is 11. The summed E-state index contributed by atoms with van der Waals surface area (Å²) in [5.74, 6) is -2.21. The van der Waals surface area contributed by atoms with E-state index >= 15 is 0 Å². The number of hydrogen-bond donors (Lipinski definition) is 3. The Morgan fingerprint density at radius 2 is 1.90 bits per heavy atom. The number of nitrogens with zero attached hydrogens (tertiary/aromatic N) is 4. The van der Waals surface area contributed by atoms with E-state index in [0.29, 0.717) is 16.0 Å². The number of benzene rings is 1. The molecule has 0 unspecified atom stereocenters. The lowest BCUT2D eigenvalue weighted by Gasteiger charge is -2.28. The van der Waals surface area contributed by atoms with Crippen LogP contribution >= 0.6 is 11.3 Å². The lowest BCUT2D eigenvalue weighted by molar-refractivity contribution is -0.274. The van der Waals surface area contributed by atoms with Crippen molar-refractivity contribution in [2.24, 2.45) is 0 Å². The number of methoxy groups -OCH3 is 1. The van der Waals surface area contributed by atoms with Gasteiger partial charge in [0.25, 0.3) is 0 Å². The van der Waals surface area contributed by atoms with Gasteiger partial charge in [0.1, 0.15) is 24.4 Å². The van der Waals surface area contributed by atoms with Crippen molar-refractivity contribution in [2.75, 3.05) is 31.1 Å². The minimum Gasteiger partial charge on any atom is -0.478 e. The molecule has 0 saturated heterocycles. The van der Waals surface area contributed by atoms with Gasteiger partial charge in [-0.1, -0.05) is 11.3 Å². The SMILES string of the molecule is CO[C@@H](COCNc1nnc(NC2CCC(c3cc(C(=O)O)cnn3)CC2)s1)c1cc(OC(F)(F)F)ccc1F. The molecule has 0 aliphatic heterocycles. The third-order valence-electron chi connectivity index (χ3n) is 6.25. The van der Waals surface area contributed by atoms with Gasteiger partial charge in [0, 0.05) is 24.6 Å². The van der Waals surface area contributed by atoms with Crippen LogP contribution in [-0.2, 0) is 9.47 Å². The van der Waals surface area contributed by atoms with E-state index in [2.05, 4.69) is 35.8 Å². The van der Waals surface area contributed by atoms with Crippen molar-refractivity contribution in [1.82, 2.24) is 20.4 Å². The number of halogens is 4. The van der Waals surface area contributed by atoms with Crippen molar-refractivity contribution in [3.05, 3.63) is 53.1 Å². The number of alkyl halides is 3. The summed E-state index contributed by atoms with van der Waals surface area (Å²) in [5, 5.41) is 32.6. The number of anilines is 2. The molecular formula is C24H26F4N6O5S. The first kappa shape index (κ1) is 29.4. The van der Waals surface area contributed by atoms with E-state index in [0.717, 1.165) is 43.9 Å². The Kier molecular flexibility index (Phi) is 9.65.